The van der Waals surface area contributed by atoms with E-state index in [9.17, 15) is 35.9 Å². The van der Waals surface area contributed by atoms with Gasteiger partial charge in [-0.25, -0.2) is 0 Å². The van der Waals surface area contributed by atoms with Crippen LogP contribution in [-0.4, -0.2) is 23.3 Å². The zero-order chi connectivity index (χ0) is 24.1. The summed E-state index contributed by atoms with van der Waals surface area (Å²) in [5.41, 5.74) is -2.84. The van der Waals surface area contributed by atoms with Gasteiger partial charge in [-0.1, -0.05) is 13.8 Å². The van der Waals surface area contributed by atoms with Gasteiger partial charge in [0.25, 0.3) is 5.91 Å². The molecule has 1 heterocycles. The molecule has 1 aromatic carbocycles. The van der Waals surface area contributed by atoms with Gasteiger partial charge >= 0.3 is 12.4 Å². The van der Waals surface area contributed by atoms with Gasteiger partial charge in [0.2, 0.25) is 5.91 Å². The van der Waals surface area contributed by atoms with Crippen molar-refractivity contribution in [3.05, 3.63) is 64.5 Å². The van der Waals surface area contributed by atoms with Crippen LogP contribution in [0.2, 0.25) is 0 Å². The Morgan fingerprint density at radius 2 is 1.56 bits per heavy atom. The van der Waals surface area contributed by atoms with Crippen molar-refractivity contribution >= 4 is 11.8 Å². The maximum Gasteiger partial charge on any atom is 0.416 e. The molecule has 0 aliphatic rings. The lowest BCUT2D eigenvalue weighted by molar-refractivity contribution is -0.143. The minimum atomic E-state index is -4.98. The van der Waals surface area contributed by atoms with Crippen LogP contribution in [0.25, 0.3) is 0 Å². The summed E-state index contributed by atoms with van der Waals surface area (Å²) in [5, 5.41) is 5.00. The Morgan fingerprint density at radius 3 is 2.09 bits per heavy atom. The lowest BCUT2D eigenvalue weighted by atomic mass is 10.0. The predicted octanol–water partition coefficient (Wildman–Crippen LogP) is 4.36. The maximum absolute atomic E-state index is 13.0. The van der Waals surface area contributed by atoms with Crippen molar-refractivity contribution in [3.8, 4) is 0 Å². The number of carbonyl (C=O) groups excluding carboxylic acids is 2. The van der Waals surface area contributed by atoms with E-state index < -0.39 is 35.9 Å². The van der Waals surface area contributed by atoms with Crippen molar-refractivity contribution in [2.24, 2.45) is 5.92 Å². The summed E-state index contributed by atoms with van der Waals surface area (Å²) >= 11 is 0. The quantitative estimate of drug-likeness (QED) is 0.602. The Hall–Kier alpha value is -3.11. The van der Waals surface area contributed by atoms with E-state index in [-0.39, 0.29) is 42.0 Å². The molecule has 0 saturated heterocycles. The smallest absolute Gasteiger partial charge is 0.355 e. The standard InChI is InChI=1S/C21H21F6N3O2/c1-12(2)18(31)29-7-5-17-16(4-3-6-28-17)19(32)30-11-13-8-14(20(22,23)24)10-15(9-13)21(25,26)27/h3-4,6,8-10,12H,5,7,11H2,1-2H3,(H,29,31)(H,30,32). The second kappa shape index (κ2) is 10.0. The summed E-state index contributed by atoms with van der Waals surface area (Å²) in [6.45, 7) is 3.08. The van der Waals surface area contributed by atoms with Gasteiger partial charge in [0.15, 0.2) is 0 Å². The summed E-state index contributed by atoms with van der Waals surface area (Å²) in [6, 6.07) is 4.03. The number of rotatable bonds is 7. The molecule has 1 aromatic heterocycles. The third kappa shape index (κ3) is 6.96. The van der Waals surface area contributed by atoms with E-state index in [4.69, 9.17) is 0 Å². The second-order valence-electron chi connectivity index (χ2n) is 7.29. The number of halogens is 6. The van der Waals surface area contributed by atoms with Crippen LogP contribution < -0.4 is 10.6 Å². The Morgan fingerprint density at radius 1 is 0.969 bits per heavy atom. The van der Waals surface area contributed by atoms with Gasteiger partial charge in [-0.15, -0.1) is 0 Å². The van der Waals surface area contributed by atoms with Crippen LogP contribution in [0.15, 0.2) is 36.5 Å². The van der Waals surface area contributed by atoms with E-state index in [0.717, 1.165) is 0 Å². The normalized spacial score (nSPS) is 12.0. The van der Waals surface area contributed by atoms with Gasteiger partial charge in [-0.05, 0) is 35.9 Å². The van der Waals surface area contributed by atoms with Gasteiger partial charge in [-0.3, -0.25) is 14.6 Å². The van der Waals surface area contributed by atoms with Crippen molar-refractivity contribution in [1.29, 1.82) is 0 Å². The number of benzene rings is 1. The first kappa shape index (κ1) is 25.2. The highest BCUT2D eigenvalue weighted by Crippen LogP contribution is 2.36. The zero-order valence-corrected chi connectivity index (χ0v) is 17.2. The number of hydrogen-bond donors (Lipinski definition) is 2. The largest absolute Gasteiger partial charge is 0.416 e. The molecular formula is C21H21F6N3O2. The topological polar surface area (TPSA) is 71.1 Å². The van der Waals surface area contributed by atoms with Crippen LogP contribution in [0.1, 0.15) is 46.6 Å². The van der Waals surface area contributed by atoms with Crippen molar-refractivity contribution in [3.63, 3.8) is 0 Å². The first-order valence-electron chi connectivity index (χ1n) is 9.57. The molecular weight excluding hydrogens is 440 g/mol. The monoisotopic (exact) mass is 461 g/mol. The predicted molar refractivity (Wildman–Crippen MR) is 103 cm³/mol. The molecule has 174 valence electrons. The molecule has 0 unspecified atom stereocenters. The Bertz CT molecular complexity index is 938. The van der Waals surface area contributed by atoms with E-state index in [2.05, 4.69) is 15.6 Å². The minimum Gasteiger partial charge on any atom is -0.355 e. The van der Waals surface area contributed by atoms with Gasteiger partial charge in [0.1, 0.15) is 0 Å². The van der Waals surface area contributed by atoms with Gasteiger partial charge in [0, 0.05) is 31.6 Å². The van der Waals surface area contributed by atoms with E-state index in [0.29, 0.717) is 17.8 Å². The number of nitrogens with zero attached hydrogens (tertiary/aromatic N) is 1. The van der Waals surface area contributed by atoms with Crippen molar-refractivity contribution in [2.75, 3.05) is 6.54 Å². The Kier molecular flexibility index (Phi) is 7.87. The summed E-state index contributed by atoms with van der Waals surface area (Å²) in [7, 11) is 0. The fraction of sp³-hybridized carbons (Fsp3) is 0.381. The van der Waals surface area contributed by atoms with Gasteiger partial charge in [0.05, 0.1) is 22.4 Å². The number of aromatic nitrogens is 1. The van der Waals surface area contributed by atoms with Crippen LogP contribution >= 0.6 is 0 Å². The molecule has 2 rings (SSSR count). The van der Waals surface area contributed by atoms with Crippen LogP contribution in [0.3, 0.4) is 0 Å². The third-order valence-electron chi connectivity index (χ3n) is 4.42. The van der Waals surface area contributed by atoms with Crippen LogP contribution in [0.5, 0.6) is 0 Å². The highest BCUT2D eigenvalue weighted by atomic mass is 19.4. The molecule has 0 atom stereocenters. The zero-order valence-electron chi connectivity index (χ0n) is 17.2. The molecule has 0 aliphatic heterocycles. The maximum atomic E-state index is 13.0. The number of amides is 2. The van der Waals surface area contributed by atoms with Crippen molar-refractivity contribution in [1.82, 2.24) is 15.6 Å². The highest BCUT2D eigenvalue weighted by Gasteiger charge is 2.36. The molecule has 0 saturated carbocycles. The number of carbonyl (C=O) groups is 2. The summed E-state index contributed by atoms with van der Waals surface area (Å²) < 4.78 is 77.9. The molecule has 11 heteroatoms. The number of alkyl halides is 6. The van der Waals surface area contributed by atoms with Crippen molar-refractivity contribution < 1.29 is 35.9 Å². The number of nitrogens with one attached hydrogen (secondary N) is 2. The molecule has 0 spiro atoms. The van der Waals surface area contributed by atoms with E-state index in [1.54, 1.807) is 13.8 Å². The van der Waals surface area contributed by atoms with Crippen LogP contribution in [0, 0.1) is 5.92 Å². The van der Waals surface area contributed by atoms with E-state index in [1.807, 2.05) is 0 Å². The van der Waals surface area contributed by atoms with Gasteiger partial charge in [-0.2, -0.15) is 26.3 Å². The van der Waals surface area contributed by atoms with Crippen molar-refractivity contribution in [2.45, 2.75) is 39.2 Å². The number of hydrogen-bond acceptors (Lipinski definition) is 3. The third-order valence-corrected chi connectivity index (χ3v) is 4.42. The second-order valence-corrected chi connectivity index (χ2v) is 7.29. The molecule has 0 fully saturated rings. The minimum absolute atomic E-state index is 0.0238. The fourth-order valence-electron chi connectivity index (χ4n) is 2.75. The number of pyridine rings is 1. The molecule has 2 amide bonds. The Balaban J connectivity index is 2.15. The van der Waals surface area contributed by atoms with E-state index >= 15 is 0 Å². The molecule has 32 heavy (non-hydrogen) atoms. The lowest BCUT2D eigenvalue weighted by Gasteiger charge is -2.15. The first-order chi connectivity index (χ1) is 14.8. The molecule has 0 aliphatic carbocycles. The summed E-state index contributed by atoms with van der Waals surface area (Å²) in [6.07, 6.45) is -8.31. The lowest BCUT2D eigenvalue weighted by Crippen LogP contribution is -2.30. The Labute approximate surface area is 180 Å². The summed E-state index contributed by atoms with van der Waals surface area (Å²) in [4.78, 5) is 28.2. The summed E-state index contributed by atoms with van der Waals surface area (Å²) in [5.74, 6) is -1.12. The molecule has 2 N–H and O–H groups in total. The molecule has 0 bridgehead atoms. The molecule has 0 radical (unpaired) electrons. The molecule has 2 aromatic rings. The SMILES string of the molecule is CC(C)C(=O)NCCc1ncccc1C(=O)NCc1cc(C(F)(F)F)cc(C(F)(F)F)c1. The van der Waals surface area contributed by atoms with Crippen LogP contribution in [0.4, 0.5) is 26.3 Å². The average Bonchev–Trinajstić information content (AvgIpc) is 2.70. The van der Waals surface area contributed by atoms with Crippen LogP contribution in [-0.2, 0) is 30.1 Å². The fourth-order valence-corrected chi connectivity index (χ4v) is 2.75. The first-order valence-corrected chi connectivity index (χ1v) is 9.57. The van der Waals surface area contributed by atoms with E-state index in [1.165, 1.54) is 18.3 Å². The van der Waals surface area contributed by atoms with Gasteiger partial charge < -0.3 is 10.6 Å². The average molecular weight is 461 g/mol. The highest BCUT2D eigenvalue weighted by molar-refractivity contribution is 5.95. The molecule has 5 nitrogen and oxygen atoms in total.